The first-order valence-electron chi connectivity index (χ1n) is 4.17. The van der Waals surface area contributed by atoms with Crippen molar-refractivity contribution in [3.8, 4) is 0 Å². The van der Waals surface area contributed by atoms with E-state index >= 15 is 0 Å². The zero-order chi connectivity index (χ0) is 10.7. The first-order chi connectivity index (χ1) is 6.04. The van der Waals surface area contributed by atoms with Crippen molar-refractivity contribution < 1.29 is 9.59 Å². The Morgan fingerprint density at radius 3 is 1.69 bits per heavy atom. The van der Waals surface area contributed by atoms with Crippen LogP contribution < -0.4 is 11.5 Å². The van der Waals surface area contributed by atoms with Crippen molar-refractivity contribution >= 4 is 23.4 Å². The molecule has 0 aliphatic carbocycles. The van der Waals surface area contributed by atoms with Crippen LogP contribution in [0.3, 0.4) is 0 Å². The minimum atomic E-state index is -0.277. The molecule has 5 heteroatoms. The largest absolute Gasteiger partial charge is 0.370 e. The van der Waals surface area contributed by atoms with Gasteiger partial charge in [-0.3, -0.25) is 9.59 Å². The smallest absolute Gasteiger partial charge is 0.217 e. The number of primary amides is 2. The Hall–Kier alpha value is -0.770. The predicted molar refractivity (Wildman–Crippen MR) is 53.3 cm³/mol. The van der Waals surface area contributed by atoms with Crippen molar-refractivity contribution in [1.82, 2.24) is 0 Å². The normalized spacial score (nSPS) is 8.46. The Morgan fingerprint density at radius 1 is 1.15 bits per heavy atom. The van der Waals surface area contributed by atoms with Crippen molar-refractivity contribution in [2.24, 2.45) is 11.5 Å². The fourth-order valence-corrected chi connectivity index (χ4v) is 0.621. The second kappa shape index (κ2) is 11.2. The fourth-order valence-electron chi connectivity index (χ4n) is 0.487. The van der Waals surface area contributed by atoms with Crippen LogP contribution in [0.25, 0.3) is 0 Å². The molecule has 0 saturated carbocycles. The third-order valence-corrected chi connectivity index (χ3v) is 1.32. The summed E-state index contributed by atoms with van der Waals surface area (Å²) in [7, 11) is 0. The molecule has 0 unspecified atom stereocenters. The van der Waals surface area contributed by atoms with Gasteiger partial charge >= 0.3 is 0 Å². The predicted octanol–water partition coefficient (Wildman–Crippen LogP) is 0.762. The van der Waals surface area contributed by atoms with Crippen molar-refractivity contribution in [2.75, 3.05) is 5.88 Å². The summed E-state index contributed by atoms with van der Waals surface area (Å²) in [6.07, 6.45) is 2.47. The van der Waals surface area contributed by atoms with Gasteiger partial charge in [-0.1, -0.05) is 6.92 Å². The van der Waals surface area contributed by atoms with Crippen LogP contribution in [-0.4, -0.2) is 17.7 Å². The van der Waals surface area contributed by atoms with E-state index in [2.05, 4.69) is 0 Å². The zero-order valence-electron chi connectivity index (χ0n) is 7.88. The van der Waals surface area contributed by atoms with Crippen LogP contribution in [0.15, 0.2) is 0 Å². The van der Waals surface area contributed by atoms with Crippen molar-refractivity contribution in [1.29, 1.82) is 0 Å². The van der Waals surface area contributed by atoms with Crippen molar-refractivity contribution in [3.63, 3.8) is 0 Å². The minimum absolute atomic E-state index is 0.211. The van der Waals surface area contributed by atoms with Crippen LogP contribution in [0.2, 0.25) is 0 Å². The lowest BCUT2D eigenvalue weighted by Crippen LogP contribution is -2.09. The van der Waals surface area contributed by atoms with E-state index < -0.39 is 0 Å². The highest BCUT2D eigenvalue weighted by atomic mass is 35.5. The molecule has 0 fully saturated rings. The van der Waals surface area contributed by atoms with Crippen LogP contribution in [0.4, 0.5) is 0 Å². The van der Waals surface area contributed by atoms with Crippen LogP contribution in [0, 0.1) is 0 Å². The molecular weight excluding hydrogens is 192 g/mol. The zero-order valence-corrected chi connectivity index (χ0v) is 8.64. The molecule has 0 aromatic heterocycles. The van der Waals surface area contributed by atoms with Gasteiger partial charge in [-0.2, -0.15) is 0 Å². The van der Waals surface area contributed by atoms with Crippen molar-refractivity contribution in [3.05, 3.63) is 0 Å². The summed E-state index contributed by atoms with van der Waals surface area (Å²) >= 11 is 5.24. The minimum Gasteiger partial charge on any atom is -0.370 e. The number of rotatable bonds is 5. The average Bonchev–Trinajstić information content (AvgIpc) is 2.01. The third-order valence-electron chi connectivity index (χ3n) is 1.05. The number of amides is 2. The van der Waals surface area contributed by atoms with E-state index in [1.165, 1.54) is 0 Å². The van der Waals surface area contributed by atoms with Gasteiger partial charge in [-0.05, 0) is 12.8 Å². The molecular formula is C8H17ClN2O2. The highest BCUT2D eigenvalue weighted by Gasteiger charge is 1.89. The molecule has 0 spiro atoms. The molecule has 0 rings (SSSR count). The Bertz CT molecular complexity index is 151. The molecule has 4 N–H and O–H groups in total. The molecule has 0 atom stereocenters. The summed E-state index contributed by atoms with van der Waals surface area (Å²) in [4.78, 5) is 19.7. The second-order valence-electron chi connectivity index (χ2n) is 2.48. The van der Waals surface area contributed by atoms with Gasteiger partial charge in [0.05, 0.1) is 0 Å². The van der Waals surface area contributed by atoms with Gasteiger partial charge < -0.3 is 11.5 Å². The summed E-state index contributed by atoms with van der Waals surface area (Å²) in [5, 5.41) is 0. The number of hydrogen-bond donors (Lipinski definition) is 2. The van der Waals surface area contributed by atoms with E-state index in [0.29, 0.717) is 25.1 Å². The van der Waals surface area contributed by atoms with E-state index in [4.69, 9.17) is 23.1 Å². The van der Waals surface area contributed by atoms with E-state index in [1.807, 2.05) is 6.92 Å². The van der Waals surface area contributed by atoms with Gasteiger partial charge in [0.15, 0.2) is 0 Å². The Labute approximate surface area is 83.6 Å². The molecule has 0 aromatic carbocycles. The first kappa shape index (κ1) is 14.7. The van der Waals surface area contributed by atoms with Crippen LogP contribution in [-0.2, 0) is 9.59 Å². The molecule has 13 heavy (non-hydrogen) atoms. The van der Waals surface area contributed by atoms with E-state index in [-0.39, 0.29) is 11.8 Å². The van der Waals surface area contributed by atoms with Crippen molar-refractivity contribution in [2.45, 2.75) is 32.6 Å². The number of halogens is 1. The molecule has 0 saturated heterocycles. The molecule has 0 aromatic rings. The molecule has 0 bridgehead atoms. The summed E-state index contributed by atoms with van der Waals surface area (Å²) in [5.41, 5.74) is 9.54. The number of carbonyl (C=O) groups excluding carboxylic acids is 2. The lowest BCUT2D eigenvalue weighted by atomic mass is 10.3. The molecule has 2 amide bonds. The first-order valence-corrected chi connectivity index (χ1v) is 4.70. The van der Waals surface area contributed by atoms with Gasteiger partial charge in [-0.25, -0.2) is 0 Å². The van der Waals surface area contributed by atoms with Gasteiger partial charge in [0, 0.05) is 18.7 Å². The van der Waals surface area contributed by atoms with Gasteiger partial charge in [-0.15, -0.1) is 11.6 Å². The average molecular weight is 209 g/mol. The number of carbonyl (C=O) groups is 2. The van der Waals surface area contributed by atoms with E-state index in [1.54, 1.807) is 0 Å². The maximum Gasteiger partial charge on any atom is 0.217 e. The quantitative estimate of drug-likeness (QED) is 0.654. The lowest BCUT2D eigenvalue weighted by molar-refractivity contribution is -0.118. The number of nitrogens with two attached hydrogens (primary N) is 2. The topological polar surface area (TPSA) is 86.2 Å². The SMILES string of the molecule is CCCC(N)=O.NC(=O)CCCCl. The summed E-state index contributed by atoms with van der Waals surface area (Å²) < 4.78 is 0. The van der Waals surface area contributed by atoms with E-state index in [9.17, 15) is 9.59 Å². The fraction of sp³-hybridized carbons (Fsp3) is 0.750. The molecule has 0 heterocycles. The lowest BCUT2D eigenvalue weighted by Gasteiger charge is -1.85. The van der Waals surface area contributed by atoms with Crippen LogP contribution >= 0.6 is 11.6 Å². The maximum atomic E-state index is 9.92. The van der Waals surface area contributed by atoms with Gasteiger partial charge in [0.2, 0.25) is 11.8 Å². The Kier molecular flexibility index (Phi) is 12.7. The highest BCUT2D eigenvalue weighted by Crippen LogP contribution is 1.88. The number of hydrogen-bond acceptors (Lipinski definition) is 2. The summed E-state index contributed by atoms with van der Waals surface area (Å²) in [6, 6.07) is 0. The summed E-state index contributed by atoms with van der Waals surface area (Å²) in [6.45, 7) is 1.92. The third kappa shape index (κ3) is 24.6. The van der Waals surface area contributed by atoms with Crippen LogP contribution in [0.1, 0.15) is 32.6 Å². The van der Waals surface area contributed by atoms with Gasteiger partial charge in [0.1, 0.15) is 0 Å². The standard InChI is InChI=1S/C4H8ClNO.C4H9NO/c5-3-1-2-4(6)7;1-2-3-4(5)6/h1-3H2,(H2,6,7);2-3H2,1H3,(H2,5,6). The highest BCUT2D eigenvalue weighted by molar-refractivity contribution is 6.17. The van der Waals surface area contributed by atoms with E-state index in [0.717, 1.165) is 6.42 Å². The Morgan fingerprint density at radius 2 is 1.62 bits per heavy atom. The number of alkyl halides is 1. The second-order valence-corrected chi connectivity index (χ2v) is 2.85. The van der Waals surface area contributed by atoms with Crippen LogP contribution in [0.5, 0.6) is 0 Å². The molecule has 0 aliphatic heterocycles. The monoisotopic (exact) mass is 208 g/mol. The molecule has 78 valence electrons. The van der Waals surface area contributed by atoms with Gasteiger partial charge in [0.25, 0.3) is 0 Å². The molecule has 0 radical (unpaired) electrons. The Balaban J connectivity index is 0. The molecule has 0 aliphatic rings. The molecule has 4 nitrogen and oxygen atoms in total. The maximum absolute atomic E-state index is 9.92. The summed E-state index contributed by atoms with van der Waals surface area (Å²) in [5.74, 6) is 0.0290.